The summed E-state index contributed by atoms with van der Waals surface area (Å²) >= 11 is 1.54. The Kier molecular flexibility index (Phi) is 4.65. The summed E-state index contributed by atoms with van der Waals surface area (Å²) < 4.78 is 13.3. The molecule has 0 unspecified atom stereocenters. The van der Waals surface area contributed by atoms with Crippen LogP contribution in [-0.2, 0) is 13.1 Å². The maximum Gasteiger partial charge on any atom is 0.491 e. The quantitative estimate of drug-likeness (QED) is 0.787. The third kappa shape index (κ3) is 3.84. The summed E-state index contributed by atoms with van der Waals surface area (Å²) in [5, 5.41) is 20.1. The number of halogens is 1. The molecule has 4 nitrogen and oxygen atoms in total. The third-order valence-corrected chi connectivity index (χ3v) is 3.34. The van der Waals surface area contributed by atoms with E-state index in [4.69, 9.17) is 10.0 Å². The molecule has 0 bridgehead atoms. The average molecular weight is 280 g/mol. The van der Waals surface area contributed by atoms with E-state index in [2.05, 4.69) is 4.98 Å². The fraction of sp³-hybridized carbons (Fsp3) is 0.250. The summed E-state index contributed by atoms with van der Waals surface area (Å²) in [6.45, 7) is 1.27. The fourth-order valence-corrected chi connectivity index (χ4v) is 2.40. The van der Waals surface area contributed by atoms with E-state index in [9.17, 15) is 4.39 Å². The summed E-state index contributed by atoms with van der Waals surface area (Å²) in [6, 6.07) is 4.36. The topological polar surface area (TPSA) is 56.6 Å². The van der Waals surface area contributed by atoms with Gasteiger partial charge in [-0.05, 0) is 18.7 Å². The van der Waals surface area contributed by atoms with Crippen LogP contribution < -0.4 is 5.46 Å². The predicted octanol–water partition coefficient (Wildman–Crippen LogP) is 0.594. The monoisotopic (exact) mass is 280 g/mol. The highest BCUT2D eigenvalue weighted by atomic mass is 32.1. The van der Waals surface area contributed by atoms with Crippen molar-refractivity contribution in [2.24, 2.45) is 0 Å². The number of thiazole rings is 1. The molecule has 2 aromatic rings. The maximum atomic E-state index is 13.3. The van der Waals surface area contributed by atoms with Crippen LogP contribution in [0.5, 0.6) is 0 Å². The van der Waals surface area contributed by atoms with E-state index < -0.39 is 12.9 Å². The van der Waals surface area contributed by atoms with Gasteiger partial charge in [0.15, 0.2) is 0 Å². The van der Waals surface area contributed by atoms with Gasteiger partial charge in [-0.15, -0.1) is 11.3 Å². The van der Waals surface area contributed by atoms with E-state index in [0.717, 1.165) is 11.3 Å². The van der Waals surface area contributed by atoms with Crippen LogP contribution in [-0.4, -0.2) is 34.1 Å². The number of rotatable bonds is 5. The Labute approximate surface area is 115 Å². The summed E-state index contributed by atoms with van der Waals surface area (Å²) in [4.78, 5) is 6.22. The molecule has 0 saturated carbocycles. The lowest BCUT2D eigenvalue weighted by Crippen LogP contribution is -2.33. The van der Waals surface area contributed by atoms with Crippen molar-refractivity contribution in [3.63, 3.8) is 0 Å². The first kappa shape index (κ1) is 14.1. The number of hydrogen-bond donors (Lipinski definition) is 2. The average Bonchev–Trinajstić information content (AvgIpc) is 2.84. The van der Waals surface area contributed by atoms with Gasteiger partial charge in [-0.2, -0.15) is 0 Å². The van der Waals surface area contributed by atoms with Crippen LogP contribution >= 0.6 is 11.3 Å². The smallest absolute Gasteiger partial charge is 0.423 e. The Bertz CT molecular complexity index is 537. The lowest BCUT2D eigenvalue weighted by molar-refractivity contribution is 0.315. The van der Waals surface area contributed by atoms with Crippen LogP contribution in [0.1, 0.15) is 11.3 Å². The van der Waals surface area contributed by atoms with Crippen molar-refractivity contribution in [2.45, 2.75) is 13.1 Å². The molecular weight excluding hydrogens is 266 g/mol. The molecule has 0 aliphatic heterocycles. The van der Waals surface area contributed by atoms with Crippen LogP contribution in [0.2, 0.25) is 0 Å². The summed E-state index contributed by atoms with van der Waals surface area (Å²) in [7, 11) is 0.140. The van der Waals surface area contributed by atoms with Crippen LogP contribution in [0.15, 0.2) is 29.1 Å². The highest BCUT2D eigenvalue weighted by molar-refractivity contribution is 7.07. The second-order valence-corrected chi connectivity index (χ2v) is 5.10. The lowest BCUT2D eigenvalue weighted by atomic mass is 9.79. The first-order valence-electron chi connectivity index (χ1n) is 5.76. The van der Waals surface area contributed by atoms with Crippen molar-refractivity contribution in [3.05, 3.63) is 46.2 Å². The molecule has 1 aromatic carbocycles. The standard InChI is InChI=1S/C12H14BFN2O2S/c1-16(6-10-7-19-8-15-10)5-9-2-3-12(14)11(4-9)13(17)18/h2-4,7-8,17-18H,5-6H2,1H3. The summed E-state index contributed by atoms with van der Waals surface area (Å²) in [5.41, 5.74) is 3.49. The molecular formula is C12H14BFN2O2S. The van der Waals surface area contributed by atoms with Gasteiger partial charge in [0.25, 0.3) is 0 Å². The molecule has 0 aliphatic rings. The van der Waals surface area contributed by atoms with Crippen molar-refractivity contribution >= 4 is 23.9 Å². The van der Waals surface area contributed by atoms with E-state index in [1.54, 1.807) is 22.9 Å². The normalized spacial score (nSPS) is 11.0. The second-order valence-electron chi connectivity index (χ2n) is 4.38. The van der Waals surface area contributed by atoms with Gasteiger partial charge in [0, 0.05) is 23.9 Å². The first-order valence-corrected chi connectivity index (χ1v) is 6.70. The van der Waals surface area contributed by atoms with Crippen molar-refractivity contribution in [1.29, 1.82) is 0 Å². The Morgan fingerprint density at radius 2 is 2.16 bits per heavy atom. The fourth-order valence-electron chi connectivity index (χ4n) is 1.85. The number of hydrogen-bond acceptors (Lipinski definition) is 5. The SMILES string of the molecule is CN(Cc1ccc(F)c(B(O)O)c1)Cc1cscn1. The van der Waals surface area contributed by atoms with Crippen LogP contribution in [0.4, 0.5) is 4.39 Å². The molecule has 0 atom stereocenters. The molecule has 2 N–H and O–H groups in total. The highest BCUT2D eigenvalue weighted by Gasteiger charge is 2.17. The van der Waals surface area contributed by atoms with Crippen molar-refractivity contribution in [2.75, 3.05) is 7.05 Å². The number of benzene rings is 1. The van der Waals surface area contributed by atoms with E-state index in [1.165, 1.54) is 12.1 Å². The van der Waals surface area contributed by atoms with Crippen LogP contribution in [0, 0.1) is 5.82 Å². The zero-order chi connectivity index (χ0) is 13.8. The number of nitrogens with zero attached hydrogens (tertiary/aromatic N) is 2. The van der Waals surface area contributed by atoms with Gasteiger partial charge in [-0.3, -0.25) is 4.90 Å². The minimum absolute atomic E-state index is 0.0976. The summed E-state index contributed by atoms with van der Waals surface area (Å²) in [6.07, 6.45) is 0. The van der Waals surface area contributed by atoms with Crippen molar-refractivity contribution in [3.8, 4) is 0 Å². The first-order chi connectivity index (χ1) is 9.06. The summed E-state index contributed by atoms with van der Waals surface area (Å²) in [5.74, 6) is -0.610. The Balaban J connectivity index is 2.04. The molecule has 7 heteroatoms. The minimum atomic E-state index is -1.79. The van der Waals surface area contributed by atoms with Gasteiger partial charge in [0.05, 0.1) is 11.2 Å². The molecule has 1 heterocycles. The molecule has 19 heavy (non-hydrogen) atoms. The molecule has 1 aromatic heterocycles. The minimum Gasteiger partial charge on any atom is -0.423 e. The third-order valence-electron chi connectivity index (χ3n) is 2.71. The van der Waals surface area contributed by atoms with E-state index in [0.29, 0.717) is 13.1 Å². The van der Waals surface area contributed by atoms with Crippen molar-refractivity contribution in [1.82, 2.24) is 9.88 Å². The van der Waals surface area contributed by atoms with Gasteiger partial charge in [-0.25, -0.2) is 9.37 Å². The molecule has 100 valence electrons. The van der Waals surface area contributed by atoms with Gasteiger partial charge in [0.1, 0.15) is 5.82 Å². The number of aromatic nitrogens is 1. The highest BCUT2D eigenvalue weighted by Crippen LogP contribution is 2.09. The second kappa shape index (κ2) is 6.25. The Morgan fingerprint density at radius 3 is 2.79 bits per heavy atom. The molecule has 0 saturated heterocycles. The molecule has 0 aliphatic carbocycles. The lowest BCUT2D eigenvalue weighted by Gasteiger charge is -2.16. The van der Waals surface area contributed by atoms with Crippen LogP contribution in [0.25, 0.3) is 0 Å². The van der Waals surface area contributed by atoms with Gasteiger partial charge >= 0.3 is 7.12 Å². The molecule has 0 spiro atoms. The maximum absolute atomic E-state index is 13.3. The zero-order valence-corrected chi connectivity index (χ0v) is 11.3. The van der Waals surface area contributed by atoms with E-state index in [-0.39, 0.29) is 5.46 Å². The zero-order valence-electron chi connectivity index (χ0n) is 10.5. The molecule has 0 fully saturated rings. The molecule has 2 rings (SSSR count). The Morgan fingerprint density at radius 1 is 1.37 bits per heavy atom. The Hall–Kier alpha value is -1.28. The molecule has 0 radical (unpaired) electrons. The molecule has 0 amide bonds. The van der Waals surface area contributed by atoms with Gasteiger partial charge in [0.2, 0.25) is 0 Å². The van der Waals surface area contributed by atoms with Crippen LogP contribution in [0.3, 0.4) is 0 Å². The van der Waals surface area contributed by atoms with Crippen molar-refractivity contribution < 1.29 is 14.4 Å². The van der Waals surface area contributed by atoms with E-state index >= 15 is 0 Å². The van der Waals surface area contributed by atoms with Gasteiger partial charge in [-0.1, -0.05) is 12.1 Å². The van der Waals surface area contributed by atoms with Gasteiger partial charge < -0.3 is 10.0 Å². The largest absolute Gasteiger partial charge is 0.491 e. The predicted molar refractivity (Wildman–Crippen MR) is 73.5 cm³/mol. The van der Waals surface area contributed by atoms with E-state index in [1.807, 2.05) is 17.3 Å².